The molecule has 1 heterocycles. The molecule has 4 atom stereocenters. The molecule has 0 aromatic heterocycles. The lowest BCUT2D eigenvalue weighted by atomic mass is 9.67. The number of carbonyl (C=O) groups is 1. The molecule has 2 aliphatic carbocycles. The summed E-state index contributed by atoms with van der Waals surface area (Å²) in [5.41, 5.74) is 7.33. The second-order valence-electron chi connectivity index (χ2n) is 9.65. The number of halogens is 1. The Morgan fingerprint density at radius 2 is 1.96 bits per heavy atom. The first-order valence-electron chi connectivity index (χ1n) is 10.1. The Morgan fingerprint density at radius 1 is 1.23 bits per heavy atom. The number of piperidine rings is 1. The summed E-state index contributed by atoms with van der Waals surface area (Å²) in [6.45, 7) is 5.99. The number of hydrogen-bond donors (Lipinski definition) is 1. The predicted octanol–water partition coefficient (Wildman–Crippen LogP) is 4.27. The quantitative estimate of drug-likeness (QED) is 0.858. The van der Waals surface area contributed by atoms with E-state index in [0.717, 1.165) is 43.3 Å². The number of nitrogens with zero attached hydrogens (tertiary/aromatic N) is 1. The van der Waals surface area contributed by atoms with E-state index in [1.807, 2.05) is 12.1 Å². The van der Waals surface area contributed by atoms with Crippen molar-refractivity contribution in [1.82, 2.24) is 4.90 Å². The number of likely N-dealkylation sites (tertiary alicyclic amines) is 1. The molecule has 4 heteroatoms. The largest absolute Gasteiger partial charge is 0.342 e. The van der Waals surface area contributed by atoms with Crippen LogP contribution in [0.3, 0.4) is 0 Å². The lowest BCUT2D eigenvalue weighted by Gasteiger charge is -2.47. The Labute approximate surface area is 162 Å². The van der Waals surface area contributed by atoms with Crippen LogP contribution >= 0.6 is 11.6 Å². The van der Waals surface area contributed by atoms with Crippen LogP contribution in [0.4, 0.5) is 0 Å². The second-order valence-corrected chi connectivity index (χ2v) is 10.1. The van der Waals surface area contributed by atoms with Crippen molar-refractivity contribution in [3.63, 3.8) is 0 Å². The number of benzene rings is 1. The van der Waals surface area contributed by atoms with Crippen LogP contribution in [0.25, 0.3) is 0 Å². The van der Waals surface area contributed by atoms with Gasteiger partial charge in [-0.05, 0) is 67.1 Å². The van der Waals surface area contributed by atoms with E-state index >= 15 is 0 Å². The van der Waals surface area contributed by atoms with Gasteiger partial charge in [0.2, 0.25) is 5.91 Å². The summed E-state index contributed by atoms with van der Waals surface area (Å²) in [5, 5.41) is 0.758. The lowest BCUT2D eigenvalue weighted by molar-refractivity contribution is -0.149. The molecule has 2 bridgehead atoms. The third-order valence-electron chi connectivity index (χ3n) is 7.43. The van der Waals surface area contributed by atoms with E-state index in [9.17, 15) is 4.79 Å². The number of rotatable bonds is 3. The van der Waals surface area contributed by atoms with Gasteiger partial charge in [0.1, 0.15) is 0 Å². The summed E-state index contributed by atoms with van der Waals surface area (Å²) in [7, 11) is 0. The highest BCUT2D eigenvalue weighted by Gasteiger charge is 2.57. The van der Waals surface area contributed by atoms with E-state index in [1.54, 1.807) is 0 Å². The summed E-state index contributed by atoms with van der Waals surface area (Å²) in [5.74, 6) is 1.66. The molecule has 0 spiro atoms. The number of carbonyl (C=O) groups excluding carboxylic acids is 1. The van der Waals surface area contributed by atoms with E-state index in [-0.39, 0.29) is 16.9 Å². The Morgan fingerprint density at radius 3 is 2.54 bits per heavy atom. The van der Waals surface area contributed by atoms with Crippen molar-refractivity contribution in [3.05, 3.63) is 34.9 Å². The molecule has 3 aliphatic rings. The van der Waals surface area contributed by atoms with E-state index in [2.05, 4.69) is 30.9 Å². The van der Waals surface area contributed by atoms with Crippen LogP contribution in [0.15, 0.2) is 24.3 Å². The minimum atomic E-state index is -0.214. The number of amides is 1. The topological polar surface area (TPSA) is 46.3 Å². The summed E-state index contributed by atoms with van der Waals surface area (Å²) in [6, 6.07) is 8.27. The Balaban J connectivity index is 1.61. The van der Waals surface area contributed by atoms with Crippen molar-refractivity contribution in [2.24, 2.45) is 28.4 Å². The van der Waals surface area contributed by atoms with Crippen molar-refractivity contribution in [3.8, 4) is 0 Å². The molecule has 3 fully saturated rings. The maximum atomic E-state index is 13.8. The first-order valence-corrected chi connectivity index (χ1v) is 10.5. The van der Waals surface area contributed by atoms with Gasteiger partial charge in [0.25, 0.3) is 0 Å². The van der Waals surface area contributed by atoms with E-state index in [1.165, 1.54) is 24.8 Å². The van der Waals surface area contributed by atoms with Gasteiger partial charge in [0.15, 0.2) is 0 Å². The second kappa shape index (κ2) is 6.53. The molecule has 1 amide bonds. The molecule has 4 unspecified atom stereocenters. The van der Waals surface area contributed by atoms with Crippen LogP contribution in [-0.4, -0.2) is 29.9 Å². The van der Waals surface area contributed by atoms with Gasteiger partial charge in [0.05, 0.1) is 5.41 Å². The third-order valence-corrected chi connectivity index (χ3v) is 7.69. The van der Waals surface area contributed by atoms with Gasteiger partial charge in [-0.2, -0.15) is 0 Å². The molecule has 1 aromatic carbocycles. The highest BCUT2D eigenvalue weighted by molar-refractivity contribution is 6.30. The van der Waals surface area contributed by atoms with Gasteiger partial charge in [-0.15, -0.1) is 0 Å². The number of fused-ring (bicyclic) bond motifs is 2. The fourth-order valence-electron chi connectivity index (χ4n) is 5.83. The van der Waals surface area contributed by atoms with Crippen molar-refractivity contribution >= 4 is 17.5 Å². The molecule has 1 aromatic rings. The first kappa shape index (κ1) is 18.3. The zero-order valence-electron chi connectivity index (χ0n) is 16.0. The van der Waals surface area contributed by atoms with E-state index in [0.29, 0.717) is 11.8 Å². The van der Waals surface area contributed by atoms with Gasteiger partial charge in [0, 0.05) is 24.2 Å². The highest BCUT2D eigenvalue weighted by Crippen LogP contribution is 2.58. The molecule has 1 aliphatic heterocycles. The van der Waals surface area contributed by atoms with Gasteiger partial charge in [-0.3, -0.25) is 4.79 Å². The van der Waals surface area contributed by atoms with Crippen LogP contribution in [0, 0.1) is 22.7 Å². The van der Waals surface area contributed by atoms with Gasteiger partial charge in [-0.25, -0.2) is 0 Å². The van der Waals surface area contributed by atoms with Crippen molar-refractivity contribution < 1.29 is 4.79 Å². The van der Waals surface area contributed by atoms with Crippen molar-refractivity contribution in [2.75, 3.05) is 13.1 Å². The molecule has 2 saturated carbocycles. The summed E-state index contributed by atoms with van der Waals surface area (Å²) in [4.78, 5) is 16.0. The number of nitrogens with two attached hydrogens (primary N) is 1. The van der Waals surface area contributed by atoms with Crippen LogP contribution in [0.2, 0.25) is 5.02 Å². The minimum Gasteiger partial charge on any atom is -0.342 e. The van der Waals surface area contributed by atoms with Crippen LogP contribution in [-0.2, 0) is 11.2 Å². The zero-order chi connectivity index (χ0) is 18.5. The lowest BCUT2D eigenvalue weighted by Crippen LogP contribution is -2.58. The average Bonchev–Trinajstić information content (AvgIpc) is 3.20. The molecule has 3 nitrogen and oxygen atoms in total. The first-order chi connectivity index (χ1) is 12.3. The maximum Gasteiger partial charge on any atom is 0.229 e. The van der Waals surface area contributed by atoms with E-state index < -0.39 is 0 Å². The Kier molecular flexibility index (Phi) is 4.60. The molecule has 142 valence electrons. The molecular formula is C22H31ClN2O. The monoisotopic (exact) mass is 374 g/mol. The SMILES string of the molecule is CC1(C)CN(C(=O)C2(Cc3ccc(Cl)cc3)CC3CCC2C3)CCC1N. The van der Waals surface area contributed by atoms with Crippen molar-refractivity contribution in [1.29, 1.82) is 0 Å². The fourth-order valence-corrected chi connectivity index (χ4v) is 5.95. The smallest absolute Gasteiger partial charge is 0.229 e. The summed E-state index contributed by atoms with van der Waals surface area (Å²) < 4.78 is 0. The minimum absolute atomic E-state index is 0.00695. The van der Waals surface area contributed by atoms with Crippen molar-refractivity contribution in [2.45, 2.75) is 58.4 Å². The van der Waals surface area contributed by atoms with Gasteiger partial charge in [-0.1, -0.05) is 44.0 Å². The summed E-state index contributed by atoms with van der Waals surface area (Å²) >= 11 is 6.07. The van der Waals surface area contributed by atoms with Gasteiger partial charge < -0.3 is 10.6 Å². The van der Waals surface area contributed by atoms with Crippen LogP contribution < -0.4 is 5.73 Å². The maximum absolute atomic E-state index is 13.8. The molecule has 0 radical (unpaired) electrons. The van der Waals surface area contributed by atoms with Crippen LogP contribution in [0.1, 0.15) is 51.5 Å². The third kappa shape index (κ3) is 3.07. The molecule has 2 N–H and O–H groups in total. The summed E-state index contributed by atoms with van der Waals surface area (Å²) in [6.07, 6.45) is 6.56. The predicted molar refractivity (Wildman–Crippen MR) is 106 cm³/mol. The molecule has 1 saturated heterocycles. The molecule has 4 rings (SSSR count). The Bertz CT molecular complexity index is 686. The zero-order valence-corrected chi connectivity index (χ0v) is 16.8. The molecule has 26 heavy (non-hydrogen) atoms. The standard InChI is InChI=1S/C22H31ClN2O/c1-21(2)14-25(10-9-19(21)24)20(26)22(13-16-3-6-17(22)11-16)12-15-4-7-18(23)8-5-15/h4-5,7-8,16-17,19H,3,6,9-14,24H2,1-2H3. The number of hydrogen-bond acceptors (Lipinski definition) is 2. The normalized spacial score (nSPS) is 35.7. The van der Waals surface area contributed by atoms with Crippen LogP contribution in [0.5, 0.6) is 0 Å². The van der Waals surface area contributed by atoms with Gasteiger partial charge >= 0.3 is 0 Å². The van der Waals surface area contributed by atoms with E-state index in [4.69, 9.17) is 17.3 Å². The Hall–Kier alpha value is -1.06. The fraction of sp³-hybridized carbons (Fsp3) is 0.682. The average molecular weight is 375 g/mol. The molecular weight excluding hydrogens is 344 g/mol. The highest BCUT2D eigenvalue weighted by atomic mass is 35.5.